The van der Waals surface area contributed by atoms with Gasteiger partial charge in [0.15, 0.2) is 0 Å². The Morgan fingerprint density at radius 2 is 2.36 bits per heavy atom. The summed E-state index contributed by atoms with van der Waals surface area (Å²) in [5, 5.41) is 0. The third-order valence-corrected chi connectivity index (χ3v) is 2.09. The molecule has 0 aromatic rings. The molecule has 0 amide bonds. The highest BCUT2D eigenvalue weighted by Gasteiger charge is 2.13. The fourth-order valence-electron chi connectivity index (χ4n) is 1.40. The molecule has 1 rings (SSSR count). The molecule has 0 unspecified atom stereocenters. The smallest absolute Gasteiger partial charge is 0.129 e. The highest BCUT2D eigenvalue weighted by molar-refractivity contribution is 5.75. The predicted octanol–water partition coefficient (Wildman–Crippen LogP) is 1.92. The molecule has 0 bridgehead atoms. The van der Waals surface area contributed by atoms with E-state index in [2.05, 4.69) is 0 Å². The molecular formula is C9H16O2. The summed E-state index contributed by atoms with van der Waals surface area (Å²) in [6, 6.07) is 0. The average molecular weight is 156 g/mol. The van der Waals surface area contributed by atoms with Gasteiger partial charge in [-0.15, -0.1) is 0 Å². The number of carbonyl (C=O) groups is 1. The van der Waals surface area contributed by atoms with Crippen molar-refractivity contribution in [2.75, 3.05) is 6.61 Å². The lowest BCUT2D eigenvalue weighted by Crippen LogP contribution is -2.19. The summed E-state index contributed by atoms with van der Waals surface area (Å²) >= 11 is 0. The Kier molecular flexibility index (Phi) is 3.57. The molecule has 0 spiro atoms. The zero-order valence-electron chi connectivity index (χ0n) is 7.14. The largest absolute Gasteiger partial charge is 0.378 e. The second kappa shape index (κ2) is 4.50. The van der Waals surface area contributed by atoms with Crippen molar-refractivity contribution >= 4 is 5.78 Å². The Hall–Kier alpha value is -0.370. The van der Waals surface area contributed by atoms with Crippen LogP contribution in [0.3, 0.4) is 0 Å². The Morgan fingerprint density at radius 3 is 2.91 bits per heavy atom. The first kappa shape index (κ1) is 8.72. The van der Waals surface area contributed by atoms with Crippen LogP contribution in [0.5, 0.6) is 0 Å². The SMILES string of the molecule is CC(=O)CC[C@@H]1CCCCO1. The first-order chi connectivity index (χ1) is 5.29. The van der Waals surface area contributed by atoms with E-state index in [4.69, 9.17) is 4.74 Å². The van der Waals surface area contributed by atoms with Gasteiger partial charge in [-0.25, -0.2) is 0 Å². The van der Waals surface area contributed by atoms with Gasteiger partial charge < -0.3 is 9.53 Å². The molecule has 1 fully saturated rings. The molecule has 1 aliphatic heterocycles. The van der Waals surface area contributed by atoms with E-state index >= 15 is 0 Å². The van der Waals surface area contributed by atoms with Gasteiger partial charge in [0, 0.05) is 13.0 Å². The van der Waals surface area contributed by atoms with Gasteiger partial charge in [0.1, 0.15) is 5.78 Å². The van der Waals surface area contributed by atoms with Crippen LogP contribution < -0.4 is 0 Å². The molecule has 11 heavy (non-hydrogen) atoms. The predicted molar refractivity (Wildman–Crippen MR) is 43.5 cm³/mol. The fourth-order valence-corrected chi connectivity index (χ4v) is 1.40. The van der Waals surface area contributed by atoms with Crippen LogP contribution in [0.25, 0.3) is 0 Å². The summed E-state index contributed by atoms with van der Waals surface area (Å²) in [5.74, 6) is 0.277. The van der Waals surface area contributed by atoms with E-state index in [1.807, 2.05) is 0 Å². The van der Waals surface area contributed by atoms with Crippen molar-refractivity contribution in [3.05, 3.63) is 0 Å². The minimum absolute atomic E-state index is 0.277. The van der Waals surface area contributed by atoms with Crippen molar-refractivity contribution in [1.29, 1.82) is 0 Å². The van der Waals surface area contributed by atoms with Crippen molar-refractivity contribution in [2.24, 2.45) is 0 Å². The monoisotopic (exact) mass is 156 g/mol. The van der Waals surface area contributed by atoms with Gasteiger partial charge in [-0.3, -0.25) is 0 Å². The number of hydrogen-bond donors (Lipinski definition) is 0. The fraction of sp³-hybridized carbons (Fsp3) is 0.889. The molecule has 1 atom stereocenters. The Labute approximate surface area is 67.9 Å². The first-order valence-electron chi connectivity index (χ1n) is 4.40. The minimum Gasteiger partial charge on any atom is -0.378 e. The molecule has 0 N–H and O–H groups in total. The van der Waals surface area contributed by atoms with E-state index < -0.39 is 0 Å². The van der Waals surface area contributed by atoms with E-state index in [1.54, 1.807) is 6.92 Å². The molecule has 0 aliphatic carbocycles. The second-order valence-corrected chi connectivity index (χ2v) is 3.23. The summed E-state index contributed by atoms with van der Waals surface area (Å²) in [7, 11) is 0. The molecule has 0 radical (unpaired) electrons. The van der Waals surface area contributed by atoms with Gasteiger partial charge >= 0.3 is 0 Å². The lowest BCUT2D eigenvalue weighted by molar-refractivity contribution is -0.118. The van der Waals surface area contributed by atoms with E-state index in [0.29, 0.717) is 12.5 Å². The zero-order chi connectivity index (χ0) is 8.10. The van der Waals surface area contributed by atoms with Crippen LogP contribution in [-0.2, 0) is 9.53 Å². The minimum atomic E-state index is 0.277. The van der Waals surface area contributed by atoms with Crippen LogP contribution >= 0.6 is 0 Å². The van der Waals surface area contributed by atoms with Crippen LogP contribution in [0.2, 0.25) is 0 Å². The molecule has 1 aliphatic rings. The van der Waals surface area contributed by atoms with Crippen LogP contribution in [0.15, 0.2) is 0 Å². The van der Waals surface area contributed by atoms with Gasteiger partial charge in [-0.1, -0.05) is 0 Å². The van der Waals surface area contributed by atoms with Crippen LogP contribution in [-0.4, -0.2) is 18.5 Å². The summed E-state index contributed by atoms with van der Waals surface area (Å²) in [6.07, 6.45) is 5.58. The number of carbonyl (C=O) groups excluding carboxylic acids is 1. The number of ketones is 1. The van der Waals surface area contributed by atoms with E-state index in [9.17, 15) is 4.79 Å². The van der Waals surface area contributed by atoms with E-state index in [0.717, 1.165) is 19.4 Å². The van der Waals surface area contributed by atoms with Crippen LogP contribution in [0.4, 0.5) is 0 Å². The van der Waals surface area contributed by atoms with Crippen molar-refractivity contribution in [3.8, 4) is 0 Å². The summed E-state index contributed by atoms with van der Waals surface area (Å²) in [4.78, 5) is 10.6. The van der Waals surface area contributed by atoms with E-state index in [1.165, 1.54) is 12.8 Å². The van der Waals surface area contributed by atoms with Crippen LogP contribution in [0, 0.1) is 0 Å². The third-order valence-electron chi connectivity index (χ3n) is 2.09. The zero-order valence-corrected chi connectivity index (χ0v) is 7.14. The summed E-state index contributed by atoms with van der Waals surface area (Å²) < 4.78 is 5.48. The maximum Gasteiger partial charge on any atom is 0.129 e. The second-order valence-electron chi connectivity index (χ2n) is 3.23. The number of Topliss-reactive ketones (excluding diaryl/α,β-unsaturated/α-hetero) is 1. The number of ether oxygens (including phenoxy) is 1. The average Bonchev–Trinajstić information content (AvgIpc) is 2.03. The van der Waals surface area contributed by atoms with Crippen molar-refractivity contribution in [3.63, 3.8) is 0 Å². The van der Waals surface area contributed by atoms with Gasteiger partial charge in [-0.05, 0) is 32.6 Å². The Morgan fingerprint density at radius 1 is 1.55 bits per heavy atom. The van der Waals surface area contributed by atoms with Gasteiger partial charge in [0.2, 0.25) is 0 Å². The molecule has 1 heterocycles. The van der Waals surface area contributed by atoms with Crippen molar-refractivity contribution < 1.29 is 9.53 Å². The van der Waals surface area contributed by atoms with E-state index in [-0.39, 0.29) is 5.78 Å². The number of hydrogen-bond acceptors (Lipinski definition) is 2. The summed E-state index contributed by atoms with van der Waals surface area (Å²) in [5.41, 5.74) is 0. The molecule has 0 aromatic heterocycles. The summed E-state index contributed by atoms with van der Waals surface area (Å²) in [6.45, 7) is 2.53. The highest BCUT2D eigenvalue weighted by atomic mass is 16.5. The highest BCUT2D eigenvalue weighted by Crippen LogP contribution is 2.16. The molecule has 2 heteroatoms. The van der Waals surface area contributed by atoms with Gasteiger partial charge in [0.05, 0.1) is 6.10 Å². The Balaban J connectivity index is 2.09. The molecule has 0 saturated carbocycles. The molecule has 1 saturated heterocycles. The first-order valence-corrected chi connectivity index (χ1v) is 4.40. The maximum absolute atomic E-state index is 10.6. The topological polar surface area (TPSA) is 26.3 Å². The van der Waals surface area contributed by atoms with Gasteiger partial charge in [-0.2, -0.15) is 0 Å². The lowest BCUT2D eigenvalue weighted by Gasteiger charge is -2.21. The number of rotatable bonds is 3. The van der Waals surface area contributed by atoms with Crippen LogP contribution in [0.1, 0.15) is 39.0 Å². The quantitative estimate of drug-likeness (QED) is 0.624. The normalized spacial score (nSPS) is 25.0. The van der Waals surface area contributed by atoms with Crippen molar-refractivity contribution in [1.82, 2.24) is 0 Å². The lowest BCUT2D eigenvalue weighted by atomic mass is 10.0. The van der Waals surface area contributed by atoms with Crippen molar-refractivity contribution in [2.45, 2.75) is 45.1 Å². The maximum atomic E-state index is 10.6. The molecular weight excluding hydrogens is 140 g/mol. The third kappa shape index (κ3) is 3.51. The molecule has 0 aromatic carbocycles. The molecule has 2 nitrogen and oxygen atoms in total. The Bertz CT molecular complexity index is 126. The standard InChI is InChI=1S/C9H16O2/c1-8(10)5-6-9-4-2-3-7-11-9/h9H,2-7H2,1H3/t9-/m0/s1. The van der Waals surface area contributed by atoms with Gasteiger partial charge in [0.25, 0.3) is 0 Å². The molecule has 64 valence electrons.